The van der Waals surface area contributed by atoms with E-state index >= 15 is 0 Å². The van der Waals surface area contributed by atoms with Crippen molar-refractivity contribution in [2.45, 2.75) is 47.1 Å². The van der Waals surface area contributed by atoms with Gasteiger partial charge in [-0.1, -0.05) is 55.0 Å². The first-order valence-corrected chi connectivity index (χ1v) is 12.5. The minimum Gasteiger partial charge on any atom is -0.480 e. The molecule has 0 aliphatic heterocycles. The molecule has 9 heteroatoms. The standard InChI is InChI=1S/C21H27N2O5S.Al.2H/c1-13-7-9-15(10-8-13)18-14(2)11-16(22-29(6,27)28)19(24)23(18)17(20(25)26)12-21(3,4)5;;;/h7-10,17,22H,12H2,1-6H3,(H,25,26);;;. The normalized spacial score (nSPS) is 13.1. The van der Waals surface area contributed by atoms with E-state index in [1.807, 2.05) is 52.0 Å². The maximum Gasteiger partial charge on any atom is 0.326 e. The molecule has 1 unspecified atom stereocenters. The van der Waals surface area contributed by atoms with Crippen LogP contribution in [0.5, 0.6) is 0 Å². The van der Waals surface area contributed by atoms with Crippen molar-refractivity contribution in [2.75, 3.05) is 11.0 Å². The smallest absolute Gasteiger partial charge is 0.326 e. The minimum absolute atomic E-state index is 0.0577. The summed E-state index contributed by atoms with van der Waals surface area (Å²) >= 11 is 0.413. The number of aliphatic carboxylic acids is 1. The number of anilines is 1. The van der Waals surface area contributed by atoms with Crippen LogP contribution in [-0.4, -0.2) is 46.6 Å². The first-order chi connectivity index (χ1) is 13.6. The molecule has 7 nitrogen and oxygen atoms in total. The number of sulfonamides is 1. The van der Waals surface area contributed by atoms with Gasteiger partial charge in [0, 0.05) is 0 Å². The molecule has 1 aromatic carbocycles. The average Bonchev–Trinajstić information content (AvgIpc) is 2.59. The van der Waals surface area contributed by atoms with E-state index < -0.39 is 27.6 Å². The van der Waals surface area contributed by atoms with E-state index in [0.717, 1.165) is 17.4 Å². The Morgan fingerprint density at radius 1 is 1.20 bits per heavy atom. The summed E-state index contributed by atoms with van der Waals surface area (Å²) < 4.78 is 28.0. The monoisotopic (exact) mass is 448 g/mol. The molecule has 0 bridgehead atoms. The zero-order valence-electron chi connectivity index (χ0n) is 18.5. The van der Waals surface area contributed by atoms with Crippen LogP contribution in [0.25, 0.3) is 11.3 Å². The molecule has 0 aliphatic rings. The Hall–Kier alpha value is -2.08. The van der Waals surface area contributed by atoms with Gasteiger partial charge in [-0.05, 0) is 36.8 Å². The third kappa shape index (κ3) is 5.54. The van der Waals surface area contributed by atoms with Crippen molar-refractivity contribution in [1.82, 2.24) is 4.57 Å². The second kappa shape index (κ2) is 8.58. The van der Waals surface area contributed by atoms with E-state index in [1.165, 1.54) is 4.57 Å². The highest BCUT2D eigenvalue weighted by molar-refractivity contribution is 7.92. The van der Waals surface area contributed by atoms with Crippen molar-refractivity contribution >= 4 is 42.4 Å². The highest BCUT2D eigenvalue weighted by Gasteiger charge is 2.31. The topological polar surface area (TPSA) is 105 Å². The predicted molar refractivity (Wildman–Crippen MR) is 123 cm³/mol. The van der Waals surface area contributed by atoms with Gasteiger partial charge in [0.05, 0.1) is 11.9 Å². The molecule has 0 aliphatic carbocycles. The lowest BCUT2D eigenvalue weighted by atomic mass is 9.87. The maximum absolute atomic E-state index is 13.5. The lowest BCUT2D eigenvalue weighted by Crippen LogP contribution is -2.40. The van der Waals surface area contributed by atoms with Gasteiger partial charge in [-0.2, -0.15) is 0 Å². The van der Waals surface area contributed by atoms with Crippen molar-refractivity contribution in [3.8, 4) is 11.3 Å². The van der Waals surface area contributed by atoms with E-state index in [2.05, 4.69) is 4.72 Å². The molecular weight excluding hydrogens is 419 g/mol. The van der Waals surface area contributed by atoms with Crippen LogP contribution in [0.3, 0.4) is 0 Å². The molecule has 0 fully saturated rings. The van der Waals surface area contributed by atoms with E-state index in [4.69, 9.17) is 0 Å². The molecule has 1 atom stereocenters. The number of rotatable bonds is 6. The molecule has 2 aromatic rings. The Labute approximate surface area is 185 Å². The molecule has 0 saturated carbocycles. The van der Waals surface area contributed by atoms with Crippen LogP contribution < -0.4 is 14.7 Å². The van der Waals surface area contributed by atoms with E-state index in [9.17, 15) is 23.1 Å². The van der Waals surface area contributed by atoms with Gasteiger partial charge in [0.2, 0.25) is 10.0 Å². The summed E-state index contributed by atoms with van der Waals surface area (Å²) in [6.45, 7) is 9.47. The maximum atomic E-state index is 13.5. The number of carboxylic acid groups (broad SMARTS) is 1. The number of aryl methyl sites for hydroxylation is 1. The number of aromatic nitrogens is 1. The Kier molecular flexibility index (Phi) is 6.92. The van der Waals surface area contributed by atoms with Crippen LogP contribution >= 0.6 is 0 Å². The number of pyridine rings is 1. The van der Waals surface area contributed by atoms with Crippen molar-refractivity contribution in [3.63, 3.8) is 0 Å². The van der Waals surface area contributed by atoms with Crippen LogP contribution in [0.1, 0.15) is 44.4 Å². The fraction of sp³-hybridized carbons (Fsp3) is 0.429. The summed E-state index contributed by atoms with van der Waals surface area (Å²) in [5.74, 6) is -1.13. The van der Waals surface area contributed by atoms with Crippen molar-refractivity contribution in [2.24, 2.45) is 5.41 Å². The molecule has 2 rings (SSSR count). The van der Waals surface area contributed by atoms with Gasteiger partial charge < -0.3 is 5.11 Å². The second-order valence-corrected chi connectivity index (χ2v) is 11.8. The number of carboxylic acids is 1. The first kappa shape index (κ1) is 24.2. The van der Waals surface area contributed by atoms with Gasteiger partial charge in [0.25, 0.3) is 21.8 Å². The SMILES string of the molecule is Cc1ccc(-c2c(C)[c]([AlH2])c(NS(C)(=O)=O)c(=O)n2C(CC(C)(C)C)C(=O)O)cc1. The van der Waals surface area contributed by atoms with Gasteiger partial charge in [-0.25, -0.2) is 13.2 Å². The Morgan fingerprint density at radius 3 is 2.17 bits per heavy atom. The summed E-state index contributed by atoms with van der Waals surface area (Å²) in [6, 6.07) is 6.37. The molecule has 0 radical (unpaired) electrons. The summed E-state index contributed by atoms with van der Waals surface area (Å²) in [7, 11) is -3.71. The quantitative estimate of drug-likeness (QED) is 0.656. The van der Waals surface area contributed by atoms with E-state index in [-0.39, 0.29) is 17.5 Å². The molecule has 0 amide bonds. The molecule has 1 aromatic heterocycles. The number of hydrogen-bond donors (Lipinski definition) is 2. The number of benzene rings is 1. The highest BCUT2D eigenvalue weighted by Crippen LogP contribution is 2.32. The van der Waals surface area contributed by atoms with Crippen molar-refractivity contribution in [3.05, 3.63) is 45.7 Å². The van der Waals surface area contributed by atoms with Gasteiger partial charge in [0.15, 0.2) is 0 Å². The number of nitrogens with zero attached hydrogens (tertiary/aromatic N) is 1. The summed E-state index contributed by atoms with van der Waals surface area (Å²) in [5, 5.41) is 10.0. The molecule has 30 heavy (non-hydrogen) atoms. The van der Waals surface area contributed by atoms with Crippen LogP contribution in [0.15, 0.2) is 29.1 Å². The molecule has 0 saturated heterocycles. The number of hydrogen-bond acceptors (Lipinski definition) is 4. The number of carbonyl (C=O) groups is 1. The zero-order chi connectivity index (χ0) is 23.0. The van der Waals surface area contributed by atoms with E-state index in [0.29, 0.717) is 32.0 Å². The largest absolute Gasteiger partial charge is 0.480 e. The Balaban J connectivity index is 2.98. The molecular formula is C21H29AlN2O5S. The third-order valence-corrected chi connectivity index (χ3v) is 6.81. The van der Waals surface area contributed by atoms with Gasteiger partial charge in [-0.3, -0.25) is 14.1 Å². The van der Waals surface area contributed by atoms with Crippen molar-refractivity contribution < 1.29 is 18.3 Å². The lowest BCUT2D eigenvalue weighted by molar-refractivity contribution is -0.141. The van der Waals surface area contributed by atoms with Crippen LogP contribution in [0.4, 0.5) is 5.69 Å². The second-order valence-electron chi connectivity index (χ2n) is 9.01. The third-order valence-electron chi connectivity index (χ3n) is 4.98. The van der Waals surface area contributed by atoms with Crippen LogP contribution in [0, 0.1) is 19.3 Å². The number of nitrogens with one attached hydrogen (secondary N) is 1. The van der Waals surface area contributed by atoms with Gasteiger partial charge in [0.1, 0.15) is 11.7 Å². The van der Waals surface area contributed by atoms with E-state index in [1.54, 1.807) is 6.92 Å². The first-order valence-electron chi connectivity index (χ1n) is 9.65. The Bertz CT molecular complexity index is 1130. The summed E-state index contributed by atoms with van der Waals surface area (Å²) in [5.41, 5.74) is 1.91. The fourth-order valence-corrected chi connectivity index (χ4v) is 4.84. The highest BCUT2D eigenvalue weighted by atomic mass is 32.2. The predicted octanol–water partition coefficient (Wildman–Crippen LogP) is 1.82. The van der Waals surface area contributed by atoms with Gasteiger partial charge in [-0.15, -0.1) is 0 Å². The molecule has 2 N–H and O–H groups in total. The molecule has 162 valence electrons. The van der Waals surface area contributed by atoms with Crippen LogP contribution in [-0.2, 0) is 14.8 Å². The lowest BCUT2D eigenvalue weighted by Gasteiger charge is -2.29. The van der Waals surface area contributed by atoms with Crippen molar-refractivity contribution in [1.29, 1.82) is 0 Å². The fourth-order valence-electron chi connectivity index (χ4n) is 3.47. The zero-order valence-corrected chi connectivity index (χ0v) is 21.3. The molecule has 0 spiro atoms. The van der Waals surface area contributed by atoms with Gasteiger partial charge >= 0.3 is 5.97 Å². The summed E-state index contributed by atoms with van der Waals surface area (Å²) in [6.07, 6.45) is 1.18. The van der Waals surface area contributed by atoms with Crippen LogP contribution in [0.2, 0.25) is 0 Å². The average molecular weight is 449 g/mol. The minimum atomic E-state index is -3.71. The summed E-state index contributed by atoms with van der Waals surface area (Å²) in [4.78, 5) is 25.8. The Morgan fingerprint density at radius 2 is 1.73 bits per heavy atom. The molecule has 1 heterocycles.